The minimum Gasteiger partial charge on any atom is -0.381 e. The van der Waals surface area contributed by atoms with Crippen molar-refractivity contribution in [3.8, 4) is 0 Å². The maximum Gasteiger partial charge on any atom is 0.0640 e. The molecular weight excluding hydrogens is 220 g/mol. The van der Waals surface area contributed by atoms with Crippen LogP contribution in [0.1, 0.15) is 31.2 Å². The summed E-state index contributed by atoms with van der Waals surface area (Å²) in [5.74, 6) is 0. The molecule has 2 unspecified atom stereocenters. The molecule has 2 atom stereocenters. The number of nitrogens with two attached hydrogens (primary N) is 1. The lowest BCUT2D eigenvalue weighted by Crippen LogP contribution is -2.34. The Hall–Kier alpha value is -0.730. The van der Waals surface area contributed by atoms with Gasteiger partial charge in [-0.2, -0.15) is 0 Å². The summed E-state index contributed by atoms with van der Waals surface area (Å²) < 4.78 is 0. The molecule has 0 bridgehead atoms. The Morgan fingerprint density at radius 1 is 1.38 bits per heavy atom. The monoisotopic (exact) mass is 238 g/mol. The molecular formula is C13H19ClN2. The molecule has 16 heavy (non-hydrogen) atoms. The SMILES string of the molecule is Cc1ccc(NC2CCCC(N)C2)c(Cl)c1. The summed E-state index contributed by atoms with van der Waals surface area (Å²) >= 11 is 6.19. The van der Waals surface area contributed by atoms with Crippen LogP contribution in [0.3, 0.4) is 0 Å². The molecule has 88 valence electrons. The zero-order valence-electron chi connectivity index (χ0n) is 9.67. The highest BCUT2D eigenvalue weighted by molar-refractivity contribution is 6.33. The van der Waals surface area contributed by atoms with Crippen molar-refractivity contribution in [3.63, 3.8) is 0 Å². The van der Waals surface area contributed by atoms with Crippen LogP contribution in [0.2, 0.25) is 5.02 Å². The van der Waals surface area contributed by atoms with Crippen LogP contribution in [-0.4, -0.2) is 12.1 Å². The number of hydrogen-bond acceptors (Lipinski definition) is 2. The van der Waals surface area contributed by atoms with E-state index in [1.165, 1.54) is 18.4 Å². The van der Waals surface area contributed by atoms with E-state index < -0.39 is 0 Å². The fourth-order valence-corrected chi connectivity index (χ4v) is 2.61. The minimum atomic E-state index is 0.343. The molecule has 0 heterocycles. The largest absolute Gasteiger partial charge is 0.381 e. The molecule has 2 rings (SSSR count). The van der Waals surface area contributed by atoms with Crippen molar-refractivity contribution >= 4 is 17.3 Å². The number of hydrogen-bond donors (Lipinski definition) is 2. The highest BCUT2D eigenvalue weighted by Gasteiger charge is 2.19. The van der Waals surface area contributed by atoms with E-state index in [9.17, 15) is 0 Å². The highest BCUT2D eigenvalue weighted by Crippen LogP contribution is 2.27. The van der Waals surface area contributed by atoms with E-state index in [1.54, 1.807) is 0 Å². The van der Waals surface area contributed by atoms with Gasteiger partial charge in [0.2, 0.25) is 0 Å². The van der Waals surface area contributed by atoms with E-state index in [0.29, 0.717) is 12.1 Å². The number of benzene rings is 1. The van der Waals surface area contributed by atoms with Crippen LogP contribution in [0.25, 0.3) is 0 Å². The van der Waals surface area contributed by atoms with Crippen LogP contribution in [0, 0.1) is 6.92 Å². The van der Waals surface area contributed by atoms with E-state index in [-0.39, 0.29) is 0 Å². The van der Waals surface area contributed by atoms with Gasteiger partial charge in [-0.3, -0.25) is 0 Å². The maximum absolute atomic E-state index is 6.19. The Kier molecular flexibility index (Phi) is 3.72. The predicted octanol–water partition coefficient (Wildman–Crippen LogP) is 3.33. The molecule has 0 amide bonds. The zero-order chi connectivity index (χ0) is 11.5. The Bertz CT molecular complexity index is 365. The van der Waals surface area contributed by atoms with Gasteiger partial charge in [-0.05, 0) is 50.3 Å². The van der Waals surface area contributed by atoms with Crippen molar-refractivity contribution < 1.29 is 0 Å². The molecule has 3 heteroatoms. The van der Waals surface area contributed by atoms with Gasteiger partial charge in [0.25, 0.3) is 0 Å². The second-order valence-electron chi connectivity index (χ2n) is 4.75. The molecule has 3 N–H and O–H groups in total. The molecule has 1 aliphatic carbocycles. The first-order valence-corrected chi connectivity index (χ1v) is 6.31. The summed E-state index contributed by atoms with van der Waals surface area (Å²) in [5.41, 5.74) is 8.19. The molecule has 2 nitrogen and oxygen atoms in total. The van der Waals surface area contributed by atoms with Crippen LogP contribution in [0.15, 0.2) is 18.2 Å². The van der Waals surface area contributed by atoms with E-state index in [2.05, 4.69) is 17.4 Å². The van der Waals surface area contributed by atoms with E-state index in [1.807, 2.05) is 13.0 Å². The van der Waals surface area contributed by atoms with Crippen molar-refractivity contribution in [1.82, 2.24) is 0 Å². The standard InChI is InChI=1S/C13H19ClN2/c1-9-5-6-13(12(14)7-9)16-11-4-2-3-10(15)8-11/h5-7,10-11,16H,2-4,8,15H2,1H3. The van der Waals surface area contributed by atoms with Crippen molar-refractivity contribution in [2.24, 2.45) is 5.73 Å². The number of halogens is 1. The molecule has 1 aromatic carbocycles. The van der Waals surface area contributed by atoms with Gasteiger partial charge in [0.05, 0.1) is 10.7 Å². The normalized spacial score (nSPS) is 25.4. The molecule has 0 saturated heterocycles. The van der Waals surface area contributed by atoms with Gasteiger partial charge >= 0.3 is 0 Å². The van der Waals surface area contributed by atoms with Crippen LogP contribution < -0.4 is 11.1 Å². The topological polar surface area (TPSA) is 38.0 Å². The van der Waals surface area contributed by atoms with Crippen LogP contribution >= 0.6 is 11.6 Å². The molecule has 1 saturated carbocycles. The third-order valence-corrected chi connectivity index (χ3v) is 3.51. The Balaban J connectivity index is 2.02. The smallest absolute Gasteiger partial charge is 0.0640 e. The van der Waals surface area contributed by atoms with E-state index in [0.717, 1.165) is 23.6 Å². The van der Waals surface area contributed by atoms with Gasteiger partial charge in [0, 0.05) is 12.1 Å². The first-order valence-electron chi connectivity index (χ1n) is 5.93. The summed E-state index contributed by atoms with van der Waals surface area (Å²) in [4.78, 5) is 0. The Labute approximate surface area is 102 Å². The molecule has 1 fully saturated rings. The Morgan fingerprint density at radius 3 is 2.88 bits per heavy atom. The second kappa shape index (κ2) is 5.07. The average molecular weight is 239 g/mol. The van der Waals surface area contributed by atoms with Gasteiger partial charge in [0.1, 0.15) is 0 Å². The summed E-state index contributed by atoms with van der Waals surface area (Å²) in [5, 5.41) is 4.30. The summed E-state index contributed by atoms with van der Waals surface area (Å²) in [6.07, 6.45) is 4.60. The highest BCUT2D eigenvalue weighted by atomic mass is 35.5. The second-order valence-corrected chi connectivity index (χ2v) is 5.16. The zero-order valence-corrected chi connectivity index (χ0v) is 10.4. The molecule has 0 radical (unpaired) electrons. The van der Waals surface area contributed by atoms with Crippen LogP contribution in [-0.2, 0) is 0 Å². The quantitative estimate of drug-likeness (QED) is 0.830. The predicted molar refractivity (Wildman–Crippen MR) is 70.0 cm³/mol. The maximum atomic E-state index is 6.19. The van der Waals surface area contributed by atoms with Gasteiger partial charge in [-0.25, -0.2) is 0 Å². The first-order chi connectivity index (χ1) is 7.65. The summed E-state index contributed by atoms with van der Waals surface area (Å²) in [6.45, 7) is 2.05. The number of nitrogens with one attached hydrogen (secondary N) is 1. The molecule has 0 aliphatic heterocycles. The minimum absolute atomic E-state index is 0.343. The van der Waals surface area contributed by atoms with Gasteiger partial charge < -0.3 is 11.1 Å². The third kappa shape index (κ3) is 2.89. The average Bonchev–Trinajstić information content (AvgIpc) is 2.22. The van der Waals surface area contributed by atoms with E-state index >= 15 is 0 Å². The van der Waals surface area contributed by atoms with Crippen LogP contribution in [0.4, 0.5) is 5.69 Å². The third-order valence-electron chi connectivity index (χ3n) is 3.20. The number of rotatable bonds is 2. The molecule has 1 aliphatic rings. The van der Waals surface area contributed by atoms with Gasteiger partial charge in [-0.1, -0.05) is 17.7 Å². The summed E-state index contributed by atoms with van der Waals surface area (Å²) in [7, 11) is 0. The van der Waals surface area contributed by atoms with Crippen molar-refractivity contribution in [2.45, 2.75) is 44.7 Å². The molecule has 1 aromatic rings. The van der Waals surface area contributed by atoms with Crippen molar-refractivity contribution in [3.05, 3.63) is 28.8 Å². The number of aryl methyl sites for hydroxylation is 1. The molecule has 0 aromatic heterocycles. The fourth-order valence-electron chi connectivity index (χ4n) is 2.32. The van der Waals surface area contributed by atoms with E-state index in [4.69, 9.17) is 17.3 Å². The lowest BCUT2D eigenvalue weighted by molar-refractivity contribution is 0.409. The summed E-state index contributed by atoms with van der Waals surface area (Å²) in [6, 6.07) is 6.95. The van der Waals surface area contributed by atoms with Gasteiger partial charge in [-0.15, -0.1) is 0 Å². The fraction of sp³-hybridized carbons (Fsp3) is 0.538. The van der Waals surface area contributed by atoms with Crippen LogP contribution in [0.5, 0.6) is 0 Å². The van der Waals surface area contributed by atoms with Crippen molar-refractivity contribution in [1.29, 1.82) is 0 Å². The molecule has 0 spiro atoms. The lowest BCUT2D eigenvalue weighted by atomic mass is 9.91. The first kappa shape index (κ1) is 11.7. The Morgan fingerprint density at radius 2 is 2.19 bits per heavy atom. The number of anilines is 1. The lowest BCUT2D eigenvalue weighted by Gasteiger charge is -2.28. The van der Waals surface area contributed by atoms with Crippen molar-refractivity contribution in [2.75, 3.05) is 5.32 Å². The van der Waals surface area contributed by atoms with Gasteiger partial charge in [0.15, 0.2) is 0 Å².